The topological polar surface area (TPSA) is 89.3 Å². The zero-order chi connectivity index (χ0) is 15.3. The summed E-state index contributed by atoms with van der Waals surface area (Å²) >= 11 is 0. The van der Waals surface area contributed by atoms with Crippen LogP contribution in [0.1, 0.15) is 71.1 Å². The molecule has 0 bridgehead atoms. The lowest BCUT2D eigenvalue weighted by Gasteiger charge is -2.04. The first-order valence-electron chi connectivity index (χ1n) is 7.73. The first kappa shape index (κ1) is 19.4. The smallest absolute Gasteiger partial charge is 0.236 e. The van der Waals surface area contributed by atoms with Gasteiger partial charge in [0.05, 0.1) is 0 Å². The summed E-state index contributed by atoms with van der Waals surface area (Å²) in [6.45, 7) is 2.76. The molecular weight excluding hydrogens is 276 g/mol. The van der Waals surface area contributed by atoms with Crippen molar-refractivity contribution in [2.24, 2.45) is 5.14 Å². The SMILES string of the molecule is CCCCCCCCCCCCNC(=O)CS(N)(=O)=O. The molecule has 0 fully saturated rings. The maximum atomic E-state index is 11.1. The number of primary sulfonamides is 1. The molecule has 0 aliphatic rings. The van der Waals surface area contributed by atoms with Crippen LogP contribution in [0.4, 0.5) is 0 Å². The third-order valence-corrected chi connectivity index (χ3v) is 3.85. The molecule has 0 unspecified atom stereocenters. The zero-order valence-corrected chi connectivity index (χ0v) is 13.5. The van der Waals surface area contributed by atoms with Gasteiger partial charge in [-0.1, -0.05) is 64.7 Å². The quantitative estimate of drug-likeness (QED) is 0.512. The Morgan fingerprint density at radius 2 is 1.35 bits per heavy atom. The van der Waals surface area contributed by atoms with Crippen LogP contribution in [0.25, 0.3) is 0 Å². The first-order chi connectivity index (χ1) is 9.45. The number of carbonyl (C=O) groups excluding carboxylic acids is 1. The van der Waals surface area contributed by atoms with Crippen molar-refractivity contribution in [1.82, 2.24) is 5.32 Å². The molecule has 0 aliphatic heterocycles. The van der Waals surface area contributed by atoms with Crippen molar-refractivity contribution < 1.29 is 13.2 Å². The number of nitrogens with two attached hydrogens (primary N) is 1. The number of unbranched alkanes of at least 4 members (excludes halogenated alkanes) is 9. The number of sulfonamides is 1. The number of hydrogen-bond donors (Lipinski definition) is 2. The predicted molar refractivity (Wildman–Crippen MR) is 82.8 cm³/mol. The highest BCUT2D eigenvalue weighted by Crippen LogP contribution is 2.10. The van der Waals surface area contributed by atoms with Crippen molar-refractivity contribution in [3.63, 3.8) is 0 Å². The second-order valence-electron chi connectivity index (χ2n) is 5.34. The van der Waals surface area contributed by atoms with E-state index in [1.54, 1.807) is 0 Å². The van der Waals surface area contributed by atoms with E-state index in [4.69, 9.17) is 5.14 Å². The Balaban J connectivity index is 3.23. The molecule has 6 heteroatoms. The molecule has 0 saturated heterocycles. The molecule has 0 aromatic heterocycles. The van der Waals surface area contributed by atoms with Gasteiger partial charge in [0, 0.05) is 6.54 Å². The largest absolute Gasteiger partial charge is 0.355 e. The molecule has 0 aromatic rings. The minimum Gasteiger partial charge on any atom is -0.355 e. The summed E-state index contributed by atoms with van der Waals surface area (Å²) in [6.07, 6.45) is 12.3. The summed E-state index contributed by atoms with van der Waals surface area (Å²) in [5, 5.41) is 7.34. The van der Waals surface area contributed by atoms with Crippen molar-refractivity contribution >= 4 is 15.9 Å². The molecule has 0 aliphatic carbocycles. The molecule has 5 nitrogen and oxygen atoms in total. The van der Waals surface area contributed by atoms with Crippen LogP contribution >= 0.6 is 0 Å². The molecule has 120 valence electrons. The molecule has 3 N–H and O–H groups in total. The number of amides is 1. The fourth-order valence-corrected chi connectivity index (χ4v) is 2.54. The fraction of sp³-hybridized carbons (Fsp3) is 0.929. The summed E-state index contributed by atoms with van der Waals surface area (Å²) in [5.41, 5.74) is 0. The van der Waals surface area contributed by atoms with Crippen LogP contribution in [0.5, 0.6) is 0 Å². The summed E-state index contributed by atoms with van der Waals surface area (Å²) in [5.74, 6) is -1.13. The highest BCUT2D eigenvalue weighted by atomic mass is 32.2. The highest BCUT2D eigenvalue weighted by Gasteiger charge is 2.09. The van der Waals surface area contributed by atoms with E-state index >= 15 is 0 Å². The average molecular weight is 306 g/mol. The van der Waals surface area contributed by atoms with Gasteiger partial charge in [-0.15, -0.1) is 0 Å². The third kappa shape index (κ3) is 15.4. The minimum atomic E-state index is -3.70. The molecule has 0 saturated carbocycles. The van der Waals surface area contributed by atoms with E-state index in [1.807, 2.05) is 0 Å². The van der Waals surface area contributed by atoms with Gasteiger partial charge in [0.25, 0.3) is 0 Å². The maximum Gasteiger partial charge on any atom is 0.236 e. The number of hydrogen-bond acceptors (Lipinski definition) is 3. The number of carbonyl (C=O) groups is 1. The van der Waals surface area contributed by atoms with Crippen molar-refractivity contribution in [1.29, 1.82) is 0 Å². The second-order valence-corrected chi connectivity index (χ2v) is 6.95. The van der Waals surface area contributed by atoms with E-state index < -0.39 is 21.7 Å². The zero-order valence-electron chi connectivity index (χ0n) is 12.7. The molecule has 0 spiro atoms. The Kier molecular flexibility index (Phi) is 11.8. The van der Waals surface area contributed by atoms with E-state index in [2.05, 4.69) is 12.2 Å². The Bertz CT molecular complexity index is 342. The predicted octanol–water partition coefficient (Wildman–Crippen LogP) is 2.31. The van der Waals surface area contributed by atoms with Crippen LogP contribution in [-0.4, -0.2) is 26.6 Å². The van der Waals surface area contributed by atoms with Gasteiger partial charge >= 0.3 is 0 Å². The van der Waals surface area contributed by atoms with Gasteiger partial charge in [-0.2, -0.15) is 0 Å². The summed E-state index contributed by atoms with van der Waals surface area (Å²) in [7, 11) is -3.70. The molecule has 0 heterocycles. The van der Waals surface area contributed by atoms with Gasteiger partial charge in [-0.25, -0.2) is 13.6 Å². The average Bonchev–Trinajstić information content (AvgIpc) is 2.34. The normalized spacial score (nSPS) is 11.5. The Hall–Kier alpha value is -0.620. The maximum absolute atomic E-state index is 11.1. The van der Waals surface area contributed by atoms with Gasteiger partial charge in [-0.05, 0) is 6.42 Å². The van der Waals surface area contributed by atoms with Gasteiger partial charge in [0.15, 0.2) is 0 Å². The van der Waals surface area contributed by atoms with Gasteiger partial charge in [0.2, 0.25) is 15.9 Å². The lowest BCUT2D eigenvalue weighted by molar-refractivity contribution is -0.118. The second kappa shape index (κ2) is 12.1. The standard InChI is InChI=1S/C14H30N2O3S/c1-2-3-4-5-6-7-8-9-10-11-12-16-14(17)13-20(15,18)19/h2-13H2,1H3,(H,16,17)(H2,15,18,19). The third-order valence-electron chi connectivity index (χ3n) is 3.18. The van der Waals surface area contributed by atoms with Crippen LogP contribution in [0.3, 0.4) is 0 Å². The molecular formula is C14H30N2O3S. The molecule has 0 radical (unpaired) electrons. The highest BCUT2D eigenvalue weighted by molar-refractivity contribution is 7.89. The van der Waals surface area contributed by atoms with E-state index in [0.717, 1.165) is 12.8 Å². The van der Waals surface area contributed by atoms with Crippen LogP contribution in [0.2, 0.25) is 0 Å². The van der Waals surface area contributed by atoms with E-state index in [1.165, 1.54) is 51.4 Å². The Morgan fingerprint density at radius 3 is 1.80 bits per heavy atom. The lowest BCUT2D eigenvalue weighted by Crippen LogP contribution is -2.33. The van der Waals surface area contributed by atoms with Crippen LogP contribution in [0, 0.1) is 0 Å². The molecule has 20 heavy (non-hydrogen) atoms. The van der Waals surface area contributed by atoms with Gasteiger partial charge < -0.3 is 5.32 Å². The van der Waals surface area contributed by atoms with Crippen LogP contribution in [0.15, 0.2) is 0 Å². The molecule has 0 atom stereocenters. The van der Waals surface area contributed by atoms with E-state index in [9.17, 15) is 13.2 Å². The van der Waals surface area contributed by atoms with Crippen molar-refractivity contribution in [3.05, 3.63) is 0 Å². The molecule has 0 rings (SSSR count). The van der Waals surface area contributed by atoms with Gasteiger partial charge in [-0.3, -0.25) is 4.79 Å². The fourth-order valence-electron chi connectivity index (χ4n) is 2.07. The summed E-state index contributed by atoms with van der Waals surface area (Å²) in [6, 6.07) is 0. The van der Waals surface area contributed by atoms with Crippen molar-refractivity contribution in [2.45, 2.75) is 71.1 Å². The van der Waals surface area contributed by atoms with Gasteiger partial charge in [0.1, 0.15) is 5.75 Å². The van der Waals surface area contributed by atoms with Crippen molar-refractivity contribution in [3.8, 4) is 0 Å². The van der Waals surface area contributed by atoms with E-state index in [0.29, 0.717) is 6.54 Å². The number of nitrogens with one attached hydrogen (secondary N) is 1. The summed E-state index contributed by atoms with van der Waals surface area (Å²) < 4.78 is 21.3. The number of rotatable bonds is 13. The van der Waals surface area contributed by atoms with Crippen LogP contribution < -0.4 is 10.5 Å². The Morgan fingerprint density at radius 1 is 0.900 bits per heavy atom. The molecule has 1 amide bonds. The summed E-state index contributed by atoms with van der Waals surface area (Å²) in [4.78, 5) is 11.1. The van der Waals surface area contributed by atoms with E-state index in [-0.39, 0.29) is 0 Å². The minimum absolute atomic E-state index is 0.511. The lowest BCUT2D eigenvalue weighted by atomic mass is 10.1. The monoisotopic (exact) mass is 306 g/mol. The molecule has 0 aromatic carbocycles. The van der Waals surface area contributed by atoms with Crippen molar-refractivity contribution in [2.75, 3.05) is 12.3 Å². The Labute approximate surface area is 123 Å². The first-order valence-corrected chi connectivity index (χ1v) is 9.44. The van der Waals surface area contributed by atoms with Crippen LogP contribution in [-0.2, 0) is 14.8 Å².